The molecule has 44 heavy (non-hydrogen) atoms. The number of carbonyl (C=O) groups is 2. The minimum Gasteiger partial charge on any atom is -0.497 e. The standard InChI is InChI=1S/C32H36ClF2N5O4/c1-18-15-39(16-19(2)38(18)3)28-12-23(44-5)13-29(37-28)40-17-25(30-26(34)10-22(43-4)11-27(30)35)24(32(40)42)14-36-31(41)20-6-8-21(33)9-7-20/h6-13,18-19,24-25H,14-17H2,1-5H3,(H,36,41)/t18-,19+,24?,25-/m1/s1. The van der Waals surface area contributed by atoms with Gasteiger partial charge in [0.2, 0.25) is 5.91 Å². The van der Waals surface area contributed by atoms with Crippen LogP contribution in [0.15, 0.2) is 48.5 Å². The summed E-state index contributed by atoms with van der Waals surface area (Å²) in [6.45, 7) is 5.50. The smallest absolute Gasteiger partial charge is 0.251 e. The third-order valence-corrected chi connectivity index (χ3v) is 8.92. The van der Waals surface area contributed by atoms with Crippen LogP contribution in [0.3, 0.4) is 0 Å². The number of nitrogens with zero attached hydrogens (tertiary/aromatic N) is 4. The molecule has 0 bridgehead atoms. The first-order chi connectivity index (χ1) is 21.0. The van der Waals surface area contributed by atoms with E-state index in [0.717, 1.165) is 25.2 Å². The third kappa shape index (κ3) is 6.30. The number of ether oxygens (including phenoxy) is 2. The second-order valence-corrected chi connectivity index (χ2v) is 11.8. The molecule has 0 saturated carbocycles. The number of hydrogen-bond donors (Lipinski definition) is 1. The van der Waals surface area contributed by atoms with Gasteiger partial charge in [-0.2, -0.15) is 0 Å². The third-order valence-electron chi connectivity index (χ3n) is 8.66. The maximum Gasteiger partial charge on any atom is 0.251 e. The summed E-state index contributed by atoms with van der Waals surface area (Å²) in [4.78, 5) is 37.7. The minimum atomic E-state index is -0.983. The Balaban J connectivity index is 1.49. The summed E-state index contributed by atoms with van der Waals surface area (Å²) in [5.74, 6) is -3.00. The lowest BCUT2D eigenvalue weighted by Crippen LogP contribution is -2.55. The lowest BCUT2D eigenvalue weighted by molar-refractivity contribution is -0.120. The fraction of sp³-hybridized carbons (Fsp3) is 0.406. The van der Waals surface area contributed by atoms with Gasteiger partial charge >= 0.3 is 0 Å². The molecule has 1 N–H and O–H groups in total. The first-order valence-corrected chi connectivity index (χ1v) is 14.8. The number of pyridine rings is 1. The average Bonchev–Trinajstić information content (AvgIpc) is 3.33. The fourth-order valence-corrected chi connectivity index (χ4v) is 6.07. The van der Waals surface area contributed by atoms with Gasteiger partial charge in [-0.1, -0.05) is 11.6 Å². The van der Waals surface area contributed by atoms with E-state index in [-0.39, 0.29) is 36.5 Å². The Morgan fingerprint density at radius 1 is 0.955 bits per heavy atom. The molecule has 1 aromatic heterocycles. The molecular weight excluding hydrogens is 592 g/mol. The van der Waals surface area contributed by atoms with Gasteiger partial charge in [0.1, 0.15) is 34.8 Å². The topological polar surface area (TPSA) is 87.2 Å². The van der Waals surface area contributed by atoms with Crippen molar-refractivity contribution in [2.24, 2.45) is 5.92 Å². The molecule has 2 aliphatic heterocycles. The maximum atomic E-state index is 15.4. The SMILES string of the molecule is COc1cc(N2C[C@@H](C)N(C)[C@@H](C)C2)nc(N2C[C@@H](c3c(F)cc(OC)cc3F)C(CNC(=O)c3ccc(Cl)cc3)C2=O)c1. The molecule has 12 heteroatoms. The van der Waals surface area contributed by atoms with E-state index in [0.29, 0.717) is 28.0 Å². The molecule has 2 saturated heterocycles. The van der Waals surface area contributed by atoms with E-state index >= 15 is 8.78 Å². The number of anilines is 2. The first kappa shape index (κ1) is 31.5. The number of rotatable bonds is 8. The van der Waals surface area contributed by atoms with Crippen LogP contribution in [0.2, 0.25) is 5.02 Å². The zero-order valence-corrected chi connectivity index (χ0v) is 26.1. The Kier molecular flexibility index (Phi) is 9.26. The quantitative estimate of drug-likeness (QED) is 0.386. The van der Waals surface area contributed by atoms with Gasteiger partial charge < -0.3 is 19.7 Å². The summed E-state index contributed by atoms with van der Waals surface area (Å²) in [5.41, 5.74) is 0.0852. The van der Waals surface area contributed by atoms with Crippen LogP contribution in [0.25, 0.3) is 0 Å². The van der Waals surface area contributed by atoms with E-state index in [1.165, 1.54) is 19.1 Å². The maximum absolute atomic E-state index is 15.4. The molecule has 2 aromatic carbocycles. The number of halogens is 3. The van der Waals surface area contributed by atoms with E-state index in [1.807, 2.05) is 6.07 Å². The molecule has 0 radical (unpaired) electrons. The highest BCUT2D eigenvalue weighted by atomic mass is 35.5. The summed E-state index contributed by atoms with van der Waals surface area (Å²) < 4.78 is 41.4. The molecule has 234 valence electrons. The zero-order chi connectivity index (χ0) is 31.7. The van der Waals surface area contributed by atoms with E-state index in [9.17, 15) is 9.59 Å². The number of likely N-dealkylation sites (N-methyl/N-ethyl adjacent to an activating group) is 1. The van der Waals surface area contributed by atoms with Crippen molar-refractivity contribution in [3.63, 3.8) is 0 Å². The van der Waals surface area contributed by atoms with Crippen molar-refractivity contribution in [3.8, 4) is 11.5 Å². The van der Waals surface area contributed by atoms with Gasteiger partial charge in [0.05, 0.1) is 20.1 Å². The fourth-order valence-electron chi connectivity index (χ4n) is 5.94. The van der Waals surface area contributed by atoms with Crippen molar-refractivity contribution < 1.29 is 27.8 Å². The predicted octanol–water partition coefficient (Wildman–Crippen LogP) is 4.74. The molecule has 3 aromatic rings. The summed E-state index contributed by atoms with van der Waals surface area (Å²) in [5, 5.41) is 3.24. The molecule has 4 atom stereocenters. The Hall–Kier alpha value is -3.96. The van der Waals surface area contributed by atoms with Crippen LogP contribution >= 0.6 is 11.6 Å². The van der Waals surface area contributed by atoms with Crippen LogP contribution in [0.4, 0.5) is 20.4 Å². The van der Waals surface area contributed by atoms with Crippen molar-refractivity contribution in [2.45, 2.75) is 31.8 Å². The number of piperazine rings is 1. The molecule has 9 nitrogen and oxygen atoms in total. The molecule has 2 aliphatic rings. The van der Waals surface area contributed by atoms with E-state index < -0.39 is 35.3 Å². The highest BCUT2D eigenvalue weighted by Gasteiger charge is 2.45. The van der Waals surface area contributed by atoms with E-state index in [2.05, 4.69) is 36.0 Å². The lowest BCUT2D eigenvalue weighted by Gasteiger charge is -2.43. The van der Waals surface area contributed by atoms with Crippen LogP contribution in [0.5, 0.6) is 11.5 Å². The summed E-state index contributed by atoms with van der Waals surface area (Å²) in [7, 11) is 4.94. The molecule has 5 rings (SSSR count). The number of benzene rings is 2. The summed E-state index contributed by atoms with van der Waals surface area (Å²) in [6, 6.07) is 12.4. The van der Waals surface area contributed by atoms with Gasteiger partial charge in [-0.15, -0.1) is 0 Å². The van der Waals surface area contributed by atoms with Crippen molar-refractivity contribution >= 4 is 35.1 Å². The van der Waals surface area contributed by atoms with Crippen molar-refractivity contribution in [1.29, 1.82) is 0 Å². The molecule has 0 spiro atoms. The van der Waals surface area contributed by atoms with E-state index in [1.54, 1.807) is 30.3 Å². The normalized spacial score (nSPS) is 22.3. The Morgan fingerprint density at radius 3 is 2.11 bits per heavy atom. The predicted molar refractivity (Wildman–Crippen MR) is 165 cm³/mol. The van der Waals surface area contributed by atoms with Gasteiger partial charge in [-0.05, 0) is 45.2 Å². The lowest BCUT2D eigenvalue weighted by atomic mass is 9.87. The molecule has 3 heterocycles. The van der Waals surface area contributed by atoms with Gasteiger partial charge in [-0.3, -0.25) is 19.4 Å². The Labute approximate surface area is 260 Å². The van der Waals surface area contributed by atoms with Gasteiger partial charge in [0, 0.05) is 84.6 Å². The number of nitrogens with one attached hydrogen (secondary N) is 1. The van der Waals surface area contributed by atoms with Gasteiger partial charge in [0.25, 0.3) is 5.91 Å². The molecular formula is C32H36ClF2N5O4. The van der Waals surface area contributed by atoms with Gasteiger partial charge in [-0.25, -0.2) is 13.8 Å². The zero-order valence-electron chi connectivity index (χ0n) is 25.3. The molecule has 1 unspecified atom stereocenters. The van der Waals surface area contributed by atoms with Gasteiger partial charge in [0.15, 0.2) is 0 Å². The van der Waals surface area contributed by atoms with Crippen LogP contribution in [0.1, 0.15) is 35.7 Å². The van der Waals surface area contributed by atoms with Crippen LogP contribution in [0, 0.1) is 17.6 Å². The average molecular weight is 628 g/mol. The number of hydrogen-bond acceptors (Lipinski definition) is 7. The Morgan fingerprint density at radius 2 is 1.52 bits per heavy atom. The van der Waals surface area contributed by atoms with Crippen molar-refractivity contribution in [2.75, 3.05) is 57.2 Å². The monoisotopic (exact) mass is 627 g/mol. The number of aromatic nitrogens is 1. The van der Waals surface area contributed by atoms with Crippen LogP contribution in [-0.4, -0.2) is 81.2 Å². The highest BCUT2D eigenvalue weighted by molar-refractivity contribution is 6.30. The van der Waals surface area contributed by atoms with Crippen LogP contribution in [-0.2, 0) is 4.79 Å². The second kappa shape index (κ2) is 13.0. The molecule has 0 aliphatic carbocycles. The molecule has 2 fully saturated rings. The largest absolute Gasteiger partial charge is 0.497 e. The van der Waals surface area contributed by atoms with Crippen molar-refractivity contribution in [1.82, 2.24) is 15.2 Å². The summed E-state index contributed by atoms with van der Waals surface area (Å²) >= 11 is 5.95. The number of carbonyl (C=O) groups excluding carboxylic acids is 2. The molecule has 2 amide bonds. The van der Waals surface area contributed by atoms with E-state index in [4.69, 9.17) is 26.1 Å². The minimum absolute atomic E-state index is 0.0206. The summed E-state index contributed by atoms with van der Waals surface area (Å²) in [6.07, 6.45) is 0. The first-order valence-electron chi connectivity index (χ1n) is 14.4. The highest BCUT2D eigenvalue weighted by Crippen LogP contribution is 2.40. The Bertz CT molecular complexity index is 1510. The number of methoxy groups -OCH3 is 2. The second-order valence-electron chi connectivity index (χ2n) is 11.4. The van der Waals surface area contributed by atoms with Crippen molar-refractivity contribution in [3.05, 3.63) is 76.3 Å². The number of amides is 2. The van der Waals surface area contributed by atoms with Crippen LogP contribution < -0.4 is 24.6 Å².